The van der Waals surface area contributed by atoms with Gasteiger partial charge in [0.25, 0.3) is 11.5 Å². The van der Waals surface area contributed by atoms with E-state index in [-0.39, 0.29) is 30.9 Å². The van der Waals surface area contributed by atoms with Crippen molar-refractivity contribution in [3.63, 3.8) is 0 Å². The van der Waals surface area contributed by atoms with Gasteiger partial charge in [0.2, 0.25) is 5.91 Å². The number of nitrogens with zero attached hydrogens (tertiary/aromatic N) is 1. The molecule has 0 unspecified atom stereocenters. The molecular formula is C21H22N4O5S. The summed E-state index contributed by atoms with van der Waals surface area (Å²) in [5, 5.41) is 5.75. The molecule has 2 aromatic heterocycles. The maximum atomic E-state index is 12.3. The number of aromatic nitrogens is 2. The van der Waals surface area contributed by atoms with Crippen LogP contribution in [-0.4, -0.2) is 41.4 Å². The summed E-state index contributed by atoms with van der Waals surface area (Å²) < 4.78 is 4.48. The molecule has 9 nitrogen and oxygen atoms in total. The Kier molecular flexibility index (Phi) is 6.81. The Hall–Kier alpha value is -3.53. The van der Waals surface area contributed by atoms with Crippen LogP contribution in [0.2, 0.25) is 0 Å². The number of hydrogen-bond acceptors (Lipinski definition) is 7. The standard InChI is InChI=1S/C21H22N4O5S/c1-11-12(2)31-21-18(11)20(29)24-15(25-21)7-8-16(26)23-14-6-4-5-13(9-14)19(28)22-10-17(27)30-3/h4-6,9H,7-8,10H2,1-3H3,(H,22,28)(H,23,26)(H,24,25,29). The fraction of sp³-hybridized carbons (Fsp3) is 0.286. The topological polar surface area (TPSA) is 130 Å². The minimum atomic E-state index is -0.560. The van der Waals surface area contributed by atoms with Crippen molar-refractivity contribution >= 4 is 45.0 Å². The first kappa shape index (κ1) is 22.2. The van der Waals surface area contributed by atoms with Gasteiger partial charge in [0.15, 0.2) is 0 Å². The molecule has 3 aromatic rings. The number of aromatic amines is 1. The second kappa shape index (κ2) is 9.52. The highest BCUT2D eigenvalue weighted by Gasteiger charge is 2.13. The highest BCUT2D eigenvalue weighted by atomic mass is 32.1. The van der Waals surface area contributed by atoms with Crippen LogP contribution < -0.4 is 16.2 Å². The molecule has 0 aliphatic heterocycles. The third kappa shape index (κ3) is 5.34. The molecule has 0 saturated carbocycles. The molecule has 2 heterocycles. The molecule has 0 atom stereocenters. The Balaban J connectivity index is 1.61. The maximum Gasteiger partial charge on any atom is 0.325 e. The van der Waals surface area contributed by atoms with Gasteiger partial charge in [0.1, 0.15) is 17.2 Å². The Labute approximate surface area is 181 Å². The predicted molar refractivity (Wildman–Crippen MR) is 117 cm³/mol. The summed E-state index contributed by atoms with van der Waals surface area (Å²) in [5.74, 6) is -0.855. The zero-order valence-corrected chi connectivity index (χ0v) is 18.1. The second-order valence-electron chi connectivity index (χ2n) is 6.86. The van der Waals surface area contributed by atoms with E-state index in [4.69, 9.17) is 0 Å². The highest BCUT2D eigenvalue weighted by Crippen LogP contribution is 2.25. The third-order valence-corrected chi connectivity index (χ3v) is 5.81. The lowest BCUT2D eigenvalue weighted by atomic mass is 10.1. The number of nitrogens with one attached hydrogen (secondary N) is 3. The van der Waals surface area contributed by atoms with Crippen molar-refractivity contribution in [2.75, 3.05) is 19.0 Å². The molecule has 31 heavy (non-hydrogen) atoms. The van der Waals surface area contributed by atoms with E-state index in [0.717, 1.165) is 10.4 Å². The zero-order chi connectivity index (χ0) is 22.5. The molecule has 3 N–H and O–H groups in total. The summed E-state index contributed by atoms with van der Waals surface area (Å²) in [5.41, 5.74) is 1.46. The van der Waals surface area contributed by atoms with Gasteiger partial charge in [0.05, 0.1) is 12.5 Å². The summed E-state index contributed by atoms with van der Waals surface area (Å²) in [6.45, 7) is 3.59. The largest absolute Gasteiger partial charge is 0.468 e. The number of thiophene rings is 1. The van der Waals surface area contributed by atoms with E-state index in [2.05, 4.69) is 25.3 Å². The van der Waals surface area contributed by atoms with E-state index >= 15 is 0 Å². The summed E-state index contributed by atoms with van der Waals surface area (Å²) in [7, 11) is 1.23. The number of fused-ring (bicyclic) bond motifs is 1. The Morgan fingerprint density at radius 1 is 1.23 bits per heavy atom. The van der Waals surface area contributed by atoms with Crippen LogP contribution in [0.25, 0.3) is 10.2 Å². The molecule has 0 bridgehead atoms. The fourth-order valence-electron chi connectivity index (χ4n) is 2.94. The van der Waals surface area contributed by atoms with Crippen LogP contribution in [0.15, 0.2) is 29.1 Å². The van der Waals surface area contributed by atoms with Crippen LogP contribution in [0.5, 0.6) is 0 Å². The number of amides is 2. The molecule has 0 saturated heterocycles. The Bertz CT molecular complexity index is 1210. The van der Waals surface area contributed by atoms with Crippen LogP contribution in [-0.2, 0) is 20.7 Å². The van der Waals surface area contributed by atoms with Crippen molar-refractivity contribution in [3.05, 3.63) is 56.4 Å². The molecule has 0 aliphatic rings. The molecule has 0 aliphatic carbocycles. The first-order chi connectivity index (χ1) is 14.8. The van der Waals surface area contributed by atoms with E-state index in [1.807, 2.05) is 13.8 Å². The first-order valence-corrected chi connectivity index (χ1v) is 10.3. The molecule has 0 radical (unpaired) electrons. The van der Waals surface area contributed by atoms with Crippen molar-refractivity contribution in [2.45, 2.75) is 26.7 Å². The van der Waals surface area contributed by atoms with E-state index in [9.17, 15) is 19.2 Å². The molecule has 3 rings (SSSR count). The third-order valence-electron chi connectivity index (χ3n) is 4.71. The van der Waals surface area contributed by atoms with Crippen molar-refractivity contribution in [3.8, 4) is 0 Å². The van der Waals surface area contributed by atoms with E-state index in [1.165, 1.54) is 24.5 Å². The number of esters is 1. The van der Waals surface area contributed by atoms with Gasteiger partial charge in [-0.05, 0) is 37.6 Å². The molecular weight excluding hydrogens is 420 g/mol. The van der Waals surface area contributed by atoms with Gasteiger partial charge in [-0.1, -0.05) is 6.07 Å². The number of H-pyrrole nitrogens is 1. The quantitative estimate of drug-likeness (QED) is 0.480. The first-order valence-electron chi connectivity index (χ1n) is 9.52. The Morgan fingerprint density at radius 3 is 2.74 bits per heavy atom. The van der Waals surface area contributed by atoms with Crippen LogP contribution in [0.4, 0.5) is 5.69 Å². The summed E-state index contributed by atoms with van der Waals surface area (Å²) in [6.07, 6.45) is 0.378. The average Bonchev–Trinajstić information content (AvgIpc) is 3.04. The number of aryl methyl sites for hydroxylation is 3. The number of benzene rings is 1. The SMILES string of the molecule is COC(=O)CNC(=O)c1cccc(NC(=O)CCc2nc3sc(C)c(C)c3c(=O)[nH]2)c1. The average molecular weight is 442 g/mol. The van der Waals surface area contributed by atoms with E-state index < -0.39 is 11.9 Å². The number of rotatable bonds is 7. The summed E-state index contributed by atoms with van der Waals surface area (Å²) >= 11 is 1.46. The highest BCUT2D eigenvalue weighted by molar-refractivity contribution is 7.18. The lowest BCUT2D eigenvalue weighted by Gasteiger charge is -2.08. The van der Waals surface area contributed by atoms with Crippen molar-refractivity contribution in [1.82, 2.24) is 15.3 Å². The van der Waals surface area contributed by atoms with Gasteiger partial charge < -0.3 is 20.4 Å². The normalized spacial score (nSPS) is 10.7. The van der Waals surface area contributed by atoms with Gasteiger partial charge in [-0.3, -0.25) is 19.2 Å². The van der Waals surface area contributed by atoms with E-state index in [1.54, 1.807) is 18.2 Å². The van der Waals surface area contributed by atoms with Crippen LogP contribution in [0, 0.1) is 13.8 Å². The van der Waals surface area contributed by atoms with Gasteiger partial charge in [0, 0.05) is 29.0 Å². The smallest absolute Gasteiger partial charge is 0.325 e. The summed E-state index contributed by atoms with van der Waals surface area (Å²) in [4.78, 5) is 56.8. The number of ether oxygens (including phenoxy) is 1. The Morgan fingerprint density at radius 2 is 2.00 bits per heavy atom. The van der Waals surface area contributed by atoms with Gasteiger partial charge in [-0.2, -0.15) is 0 Å². The zero-order valence-electron chi connectivity index (χ0n) is 17.3. The molecule has 162 valence electrons. The number of hydrogen-bond donors (Lipinski definition) is 3. The van der Waals surface area contributed by atoms with Crippen LogP contribution in [0.1, 0.15) is 33.0 Å². The van der Waals surface area contributed by atoms with Gasteiger partial charge >= 0.3 is 5.97 Å². The summed E-state index contributed by atoms with van der Waals surface area (Å²) in [6, 6.07) is 6.35. The minimum Gasteiger partial charge on any atom is -0.468 e. The molecule has 1 aromatic carbocycles. The van der Waals surface area contributed by atoms with Crippen LogP contribution >= 0.6 is 11.3 Å². The molecule has 0 fully saturated rings. The molecule has 0 spiro atoms. The van der Waals surface area contributed by atoms with Gasteiger partial charge in [-0.25, -0.2) is 4.98 Å². The number of methoxy groups -OCH3 is 1. The predicted octanol–water partition coefficient (Wildman–Crippen LogP) is 2.08. The minimum absolute atomic E-state index is 0.108. The lowest BCUT2D eigenvalue weighted by Crippen LogP contribution is -2.30. The number of anilines is 1. The molecule has 2 amide bonds. The second-order valence-corrected chi connectivity index (χ2v) is 8.07. The lowest BCUT2D eigenvalue weighted by molar-refractivity contribution is -0.139. The maximum absolute atomic E-state index is 12.3. The monoisotopic (exact) mass is 442 g/mol. The van der Waals surface area contributed by atoms with Gasteiger partial charge in [-0.15, -0.1) is 11.3 Å². The van der Waals surface area contributed by atoms with Crippen molar-refractivity contribution < 1.29 is 19.1 Å². The van der Waals surface area contributed by atoms with Crippen LogP contribution in [0.3, 0.4) is 0 Å². The van der Waals surface area contributed by atoms with E-state index in [0.29, 0.717) is 27.3 Å². The fourth-order valence-corrected chi connectivity index (χ4v) is 3.99. The molecule has 10 heteroatoms. The van der Waals surface area contributed by atoms with Crippen molar-refractivity contribution in [1.29, 1.82) is 0 Å². The number of carbonyl (C=O) groups excluding carboxylic acids is 3. The van der Waals surface area contributed by atoms with Crippen molar-refractivity contribution in [2.24, 2.45) is 0 Å². The number of carbonyl (C=O) groups is 3.